The van der Waals surface area contributed by atoms with Gasteiger partial charge in [-0.1, -0.05) is 24.3 Å². The van der Waals surface area contributed by atoms with Crippen LogP contribution in [-0.2, 0) is 17.6 Å². The lowest BCUT2D eigenvalue weighted by molar-refractivity contribution is -0.138. The van der Waals surface area contributed by atoms with Crippen LogP contribution in [0.5, 0.6) is 0 Å². The van der Waals surface area contributed by atoms with Crippen molar-refractivity contribution in [2.45, 2.75) is 18.9 Å². The zero-order chi connectivity index (χ0) is 11.3. The molecule has 0 radical (unpaired) electrons. The molecule has 1 rings (SSSR count). The van der Waals surface area contributed by atoms with Crippen LogP contribution in [0.4, 0.5) is 4.39 Å². The number of rotatable bonds is 5. The Kier molecular flexibility index (Phi) is 4.24. The zero-order valence-electron chi connectivity index (χ0n) is 8.32. The highest BCUT2D eigenvalue weighted by Gasteiger charge is 2.13. The average molecular weight is 211 g/mol. The number of alkyl halides is 1. The first kappa shape index (κ1) is 11.7. The minimum atomic E-state index is -1.04. The van der Waals surface area contributed by atoms with Crippen LogP contribution in [0.25, 0.3) is 0 Å². The number of aryl methyl sites for hydroxylation is 1. The summed E-state index contributed by atoms with van der Waals surface area (Å²) in [6, 6.07) is 6.26. The van der Waals surface area contributed by atoms with Gasteiger partial charge in [-0.15, -0.1) is 0 Å². The minimum absolute atomic E-state index is 0.242. The molecule has 0 fully saturated rings. The smallest absolute Gasteiger partial charge is 0.320 e. The molecule has 0 saturated heterocycles. The Morgan fingerprint density at radius 2 is 2.00 bits per heavy atom. The van der Waals surface area contributed by atoms with Gasteiger partial charge in [0.2, 0.25) is 0 Å². The van der Waals surface area contributed by atoms with Crippen LogP contribution in [0.3, 0.4) is 0 Å². The maximum absolute atomic E-state index is 12.2. The second kappa shape index (κ2) is 5.46. The van der Waals surface area contributed by atoms with E-state index in [2.05, 4.69) is 0 Å². The largest absolute Gasteiger partial charge is 0.480 e. The molecule has 0 amide bonds. The van der Waals surface area contributed by atoms with Crippen molar-refractivity contribution in [3.8, 4) is 0 Å². The van der Waals surface area contributed by atoms with Crippen LogP contribution >= 0.6 is 0 Å². The first-order valence-electron chi connectivity index (χ1n) is 4.76. The molecular weight excluding hydrogens is 197 g/mol. The molecule has 0 saturated carbocycles. The van der Waals surface area contributed by atoms with Gasteiger partial charge < -0.3 is 10.8 Å². The van der Waals surface area contributed by atoms with E-state index in [-0.39, 0.29) is 6.42 Å². The van der Waals surface area contributed by atoms with Gasteiger partial charge in [0.05, 0.1) is 6.67 Å². The molecule has 1 aromatic carbocycles. The molecule has 0 aliphatic heterocycles. The van der Waals surface area contributed by atoms with E-state index >= 15 is 0 Å². The quantitative estimate of drug-likeness (QED) is 0.768. The minimum Gasteiger partial charge on any atom is -0.480 e. The molecule has 82 valence electrons. The maximum atomic E-state index is 12.2. The summed E-state index contributed by atoms with van der Waals surface area (Å²) in [5, 5.41) is 8.67. The number of hydrogen-bond acceptors (Lipinski definition) is 2. The Morgan fingerprint density at radius 1 is 1.40 bits per heavy atom. The lowest BCUT2D eigenvalue weighted by atomic mass is 9.99. The van der Waals surface area contributed by atoms with Crippen molar-refractivity contribution >= 4 is 5.97 Å². The van der Waals surface area contributed by atoms with Gasteiger partial charge in [-0.05, 0) is 17.5 Å². The fourth-order valence-electron chi connectivity index (χ4n) is 1.43. The summed E-state index contributed by atoms with van der Waals surface area (Å²) >= 11 is 0. The van der Waals surface area contributed by atoms with E-state index in [0.29, 0.717) is 6.42 Å². The van der Waals surface area contributed by atoms with Crippen molar-refractivity contribution in [2.75, 3.05) is 6.67 Å². The molecule has 0 aromatic heterocycles. The molecule has 0 aliphatic carbocycles. The fourth-order valence-corrected chi connectivity index (χ4v) is 1.43. The Bertz CT molecular complexity index is 341. The standard InChI is InChI=1S/C11H14FNO2/c12-6-5-8-3-1-2-4-9(8)7-10(13)11(14)15/h1-4,10H,5-7,13H2,(H,14,15)/t10-/m1/s1. The molecule has 3 N–H and O–H groups in total. The second-order valence-electron chi connectivity index (χ2n) is 3.36. The van der Waals surface area contributed by atoms with Gasteiger partial charge >= 0.3 is 5.97 Å². The van der Waals surface area contributed by atoms with Crippen LogP contribution in [0, 0.1) is 0 Å². The summed E-state index contributed by atoms with van der Waals surface area (Å²) in [6.07, 6.45) is 0.550. The highest BCUT2D eigenvalue weighted by molar-refractivity contribution is 5.73. The van der Waals surface area contributed by atoms with Gasteiger partial charge in [-0.3, -0.25) is 9.18 Å². The van der Waals surface area contributed by atoms with E-state index < -0.39 is 18.7 Å². The van der Waals surface area contributed by atoms with E-state index in [1.807, 2.05) is 0 Å². The van der Waals surface area contributed by atoms with Crippen molar-refractivity contribution < 1.29 is 14.3 Å². The number of nitrogens with two attached hydrogens (primary N) is 1. The molecule has 3 nitrogen and oxygen atoms in total. The number of carboxylic acids is 1. The van der Waals surface area contributed by atoms with E-state index in [0.717, 1.165) is 11.1 Å². The highest BCUT2D eigenvalue weighted by atomic mass is 19.1. The first-order valence-corrected chi connectivity index (χ1v) is 4.76. The van der Waals surface area contributed by atoms with Gasteiger partial charge in [0, 0.05) is 6.42 Å². The SMILES string of the molecule is N[C@H](Cc1ccccc1CCF)C(=O)O. The topological polar surface area (TPSA) is 63.3 Å². The van der Waals surface area contributed by atoms with E-state index in [1.165, 1.54) is 0 Å². The Hall–Kier alpha value is -1.42. The average Bonchev–Trinajstić information content (AvgIpc) is 2.21. The predicted molar refractivity (Wildman–Crippen MR) is 55.4 cm³/mol. The van der Waals surface area contributed by atoms with Gasteiger partial charge in [-0.2, -0.15) is 0 Å². The van der Waals surface area contributed by atoms with E-state index in [9.17, 15) is 9.18 Å². The summed E-state index contributed by atoms with van der Waals surface area (Å²) < 4.78 is 12.2. The Labute approximate surface area is 87.7 Å². The molecule has 15 heavy (non-hydrogen) atoms. The first-order chi connectivity index (χ1) is 7.15. The molecule has 0 spiro atoms. The van der Waals surface area contributed by atoms with Gasteiger partial charge in [-0.25, -0.2) is 0 Å². The number of halogens is 1. The van der Waals surface area contributed by atoms with Crippen molar-refractivity contribution in [1.82, 2.24) is 0 Å². The lowest BCUT2D eigenvalue weighted by Gasteiger charge is -2.10. The molecule has 1 atom stereocenters. The molecule has 0 aliphatic rings. The van der Waals surface area contributed by atoms with Gasteiger partial charge in [0.15, 0.2) is 0 Å². The Morgan fingerprint density at radius 3 is 2.53 bits per heavy atom. The van der Waals surface area contributed by atoms with Gasteiger partial charge in [0.25, 0.3) is 0 Å². The summed E-state index contributed by atoms with van der Waals surface area (Å²) in [5.41, 5.74) is 7.06. The molecule has 4 heteroatoms. The van der Waals surface area contributed by atoms with Crippen molar-refractivity contribution in [3.05, 3.63) is 35.4 Å². The number of carboxylic acid groups (broad SMARTS) is 1. The van der Waals surface area contributed by atoms with Crippen molar-refractivity contribution in [3.63, 3.8) is 0 Å². The third-order valence-electron chi connectivity index (χ3n) is 2.24. The Balaban J connectivity index is 2.79. The maximum Gasteiger partial charge on any atom is 0.320 e. The summed E-state index contributed by atoms with van der Waals surface area (Å²) in [5.74, 6) is -1.04. The summed E-state index contributed by atoms with van der Waals surface area (Å²) in [7, 11) is 0. The third-order valence-corrected chi connectivity index (χ3v) is 2.24. The fraction of sp³-hybridized carbons (Fsp3) is 0.364. The van der Waals surface area contributed by atoms with Crippen LogP contribution < -0.4 is 5.73 Å². The van der Waals surface area contributed by atoms with Crippen LogP contribution in [0.1, 0.15) is 11.1 Å². The predicted octanol–water partition coefficient (Wildman–Crippen LogP) is 1.15. The van der Waals surface area contributed by atoms with Crippen molar-refractivity contribution in [2.24, 2.45) is 5.73 Å². The number of carbonyl (C=O) groups is 1. The van der Waals surface area contributed by atoms with E-state index in [4.69, 9.17) is 10.8 Å². The normalized spacial score (nSPS) is 12.4. The van der Waals surface area contributed by atoms with Crippen molar-refractivity contribution in [1.29, 1.82) is 0 Å². The lowest BCUT2D eigenvalue weighted by Crippen LogP contribution is -2.32. The highest BCUT2D eigenvalue weighted by Crippen LogP contribution is 2.11. The monoisotopic (exact) mass is 211 g/mol. The van der Waals surface area contributed by atoms with Crippen LogP contribution in [-0.4, -0.2) is 23.8 Å². The summed E-state index contributed by atoms with van der Waals surface area (Å²) in [6.45, 7) is -0.445. The molecule has 0 heterocycles. The molecular formula is C11H14FNO2. The van der Waals surface area contributed by atoms with Crippen LogP contribution in [0.2, 0.25) is 0 Å². The molecule has 0 bridgehead atoms. The second-order valence-corrected chi connectivity index (χ2v) is 3.36. The number of benzene rings is 1. The summed E-state index contributed by atoms with van der Waals surface area (Å²) in [4.78, 5) is 10.6. The molecule has 1 aromatic rings. The zero-order valence-corrected chi connectivity index (χ0v) is 8.32. The van der Waals surface area contributed by atoms with Gasteiger partial charge in [0.1, 0.15) is 6.04 Å². The van der Waals surface area contributed by atoms with E-state index in [1.54, 1.807) is 24.3 Å². The third kappa shape index (κ3) is 3.32. The number of hydrogen-bond donors (Lipinski definition) is 2. The van der Waals surface area contributed by atoms with Crippen LogP contribution in [0.15, 0.2) is 24.3 Å². The molecule has 0 unspecified atom stereocenters. The number of aliphatic carboxylic acids is 1.